The molecule has 1 heterocycles. The Hall–Kier alpha value is -2.89. The van der Waals surface area contributed by atoms with E-state index in [-0.39, 0.29) is 5.56 Å². The molecule has 0 bridgehead atoms. The highest BCUT2D eigenvalue weighted by Gasteiger charge is 2.24. The molecule has 0 aromatic heterocycles. The highest BCUT2D eigenvalue weighted by Crippen LogP contribution is 2.33. The van der Waals surface area contributed by atoms with Gasteiger partial charge in [-0.25, -0.2) is 13.2 Å². The average molecular weight is 467 g/mol. The summed E-state index contributed by atoms with van der Waals surface area (Å²) in [5.41, 5.74) is 2.77. The van der Waals surface area contributed by atoms with E-state index in [4.69, 9.17) is 9.47 Å². The fraction of sp³-hybridized carbons (Fsp3) is 0.310. The van der Waals surface area contributed by atoms with Gasteiger partial charge in [-0.1, -0.05) is 67.6 Å². The molecule has 0 radical (unpaired) electrons. The average Bonchev–Trinajstić information content (AvgIpc) is 2.86. The van der Waals surface area contributed by atoms with Crippen LogP contribution in [0.15, 0.2) is 66.7 Å². The van der Waals surface area contributed by atoms with Crippen molar-refractivity contribution in [1.29, 1.82) is 0 Å². The number of hydrogen-bond donors (Lipinski definition) is 0. The van der Waals surface area contributed by atoms with E-state index in [1.807, 2.05) is 13.0 Å². The molecule has 0 N–H and O–H groups in total. The topological polar surface area (TPSA) is 18.5 Å². The van der Waals surface area contributed by atoms with E-state index in [0.29, 0.717) is 53.4 Å². The molecule has 1 saturated heterocycles. The molecule has 0 amide bonds. The molecule has 3 aromatic rings. The van der Waals surface area contributed by atoms with Gasteiger partial charge in [-0.2, -0.15) is 0 Å². The van der Waals surface area contributed by atoms with Crippen molar-refractivity contribution < 1.29 is 22.6 Å². The smallest absolute Gasteiger partial charge is 0.183 e. The van der Waals surface area contributed by atoms with Crippen LogP contribution >= 0.6 is 0 Å². The third-order valence-electron chi connectivity index (χ3n) is 6.26. The SMILES string of the molecule is CC=CCCC1COC(c2ccc(-c3ccc(-c4ccc(CC)c(F)c4F)cc3)c(F)c2)OC1. The fourth-order valence-electron chi connectivity index (χ4n) is 4.23. The summed E-state index contributed by atoms with van der Waals surface area (Å²) < 4.78 is 55.3. The zero-order valence-electron chi connectivity index (χ0n) is 19.5. The Morgan fingerprint density at radius 2 is 1.50 bits per heavy atom. The lowest BCUT2D eigenvalue weighted by molar-refractivity contribution is -0.205. The van der Waals surface area contributed by atoms with Gasteiger partial charge in [-0.3, -0.25) is 0 Å². The van der Waals surface area contributed by atoms with Crippen LogP contribution < -0.4 is 0 Å². The van der Waals surface area contributed by atoms with Crippen LogP contribution in [0.2, 0.25) is 0 Å². The van der Waals surface area contributed by atoms with E-state index in [1.54, 1.807) is 55.5 Å². The number of ether oxygens (including phenoxy) is 2. The van der Waals surface area contributed by atoms with Crippen molar-refractivity contribution in [3.63, 3.8) is 0 Å². The predicted molar refractivity (Wildman–Crippen MR) is 129 cm³/mol. The van der Waals surface area contributed by atoms with Crippen LogP contribution in [0.3, 0.4) is 0 Å². The maximum atomic E-state index is 15.0. The Morgan fingerprint density at radius 1 is 0.853 bits per heavy atom. The zero-order chi connectivity index (χ0) is 24.1. The van der Waals surface area contributed by atoms with Gasteiger partial charge in [0.1, 0.15) is 5.82 Å². The highest BCUT2D eigenvalue weighted by atomic mass is 19.2. The summed E-state index contributed by atoms with van der Waals surface area (Å²) in [5.74, 6) is -1.73. The standard InChI is InChI=1S/C29H29F3O2/c1-3-5-6-7-19-17-33-29(34-18-19)23-13-14-24(26(30)16-23)21-8-10-22(11-9-21)25-15-12-20(4-2)27(31)28(25)32/h3,5,8-16,19,29H,4,6-7,17-18H2,1-2H3. The number of benzene rings is 3. The second-order valence-corrected chi connectivity index (χ2v) is 8.58. The van der Waals surface area contributed by atoms with Gasteiger partial charge in [-0.15, -0.1) is 0 Å². The van der Waals surface area contributed by atoms with Crippen molar-refractivity contribution in [3.8, 4) is 22.3 Å². The third-order valence-corrected chi connectivity index (χ3v) is 6.26. The fourth-order valence-corrected chi connectivity index (χ4v) is 4.23. The maximum Gasteiger partial charge on any atom is 0.183 e. The Bertz CT molecular complexity index is 1150. The van der Waals surface area contributed by atoms with Gasteiger partial charge in [0.25, 0.3) is 0 Å². The van der Waals surface area contributed by atoms with Crippen LogP contribution in [0, 0.1) is 23.4 Å². The predicted octanol–water partition coefficient (Wildman–Crippen LogP) is 8.02. The molecule has 0 saturated carbocycles. The minimum Gasteiger partial charge on any atom is -0.348 e. The maximum absolute atomic E-state index is 15.0. The molecule has 178 valence electrons. The van der Waals surface area contributed by atoms with Crippen LogP contribution in [0.5, 0.6) is 0 Å². The van der Waals surface area contributed by atoms with Crippen molar-refractivity contribution in [2.45, 2.75) is 39.4 Å². The van der Waals surface area contributed by atoms with E-state index in [9.17, 15) is 13.2 Å². The Morgan fingerprint density at radius 3 is 2.12 bits per heavy atom. The number of hydrogen-bond acceptors (Lipinski definition) is 2. The summed E-state index contributed by atoms with van der Waals surface area (Å²) in [7, 11) is 0. The molecular formula is C29H29F3O2. The van der Waals surface area contributed by atoms with Gasteiger partial charge in [-0.05, 0) is 48.9 Å². The van der Waals surface area contributed by atoms with E-state index >= 15 is 0 Å². The van der Waals surface area contributed by atoms with Crippen LogP contribution in [-0.4, -0.2) is 13.2 Å². The lowest BCUT2D eigenvalue weighted by Gasteiger charge is -2.29. The molecule has 2 nitrogen and oxygen atoms in total. The quantitative estimate of drug-likeness (QED) is 0.328. The summed E-state index contributed by atoms with van der Waals surface area (Å²) in [4.78, 5) is 0. The number of allylic oxidation sites excluding steroid dienone is 2. The first-order chi connectivity index (χ1) is 16.5. The van der Waals surface area contributed by atoms with Crippen molar-refractivity contribution in [2.24, 2.45) is 5.92 Å². The second-order valence-electron chi connectivity index (χ2n) is 8.58. The normalized spacial score (nSPS) is 18.5. The highest BCUT2D eigenvalue weighted by molar-refractivity contribution is 5.71. The van der Waals surface area contributed by atoms with Crippen LogP contribution in [0.1, 0.15) is 44.1 Å². The minimum atomic E-state index is -0.862. The van der Waals surface area contributed by atoms with Crippen molar-refractivity contribution in [1.82, 2.24) is 0 Å². The Kier molecular flexibility index (Phi) is 7.86. The van der Waals surface area contributed by atoms with Gasteiger partial charge in [0.15, 0.2) is 17.9 Å². The molecule has 1 aliphatic heterocycles. The first-order valence-electron chi connectivity index (χ1n) is 11.7. The molecule has 0 atom stereocenters. The summed E-state index contributed by atoms with van der Waals surface area (Å²) in [6.45, 7) is 4.96. The largest absolute Gasteiger partial charge is 0.348 e. The molecule has 3 aromatic carbocycles. The summed E-state index contributed by atoms with van der Waals surface area (Å²) in [5, 5.41) is 0. The van der Waals surface area contributed by atoms with E-state index in [2.05, 4.69) is 6.08 Å². The lowest BCUT2D eigenvalue weighted by atomic mass is 9.97. The Balaban J connectivity index is 1.46. The summed E-state index contributed by atoms with van der Waals surface area (Å²) in [6, 6.07) is 14.9. The first kappa shape index (κ1) is 24.2. The number of rotatable bonds is 7. The molecule has 0 spiro atoms. The van der Waals surface area contributed by atoms with Crippen LogP contribution in [0.25, 0.3) is 22.3 Å². The minimum absolute atomic E-state index is 0.188. The number of halogens is 3. The molecule has 1 fully saturated rings. The van der Waals surface area contributed by atoms with Gasteiger partial charge in [0.05, 0.1) is 13.2 Å². The summed E-state index contributed by atoms with van der Waals surface area (Å²) >= 11 is 0. The monoisotopic (exact) mass is 466 g/mol. The number of aryl methyl sites for hydroxylation is 1. The molecule has 0 aliphatic carbocycles. The van der Waals surface area contributed by atoms with Gasteiger partial charge in [0, 0.05) is 22.6 Å². The van der Waals surface area contributed by atoms with Crippen LogP contribution in [-0.2, 0) is 15.9 Å². The van der Waals surface area contributed by atoms with E-state index in [1.165, 1.54) is 6.07 Å². The Labute approximate surface area is 199 Å². The molecule has 5 heteroatoms. The van der Waals surface area contributed by atoms with Crippen molar-refractivity contribution >= 4 is 0 Å². The van der Waals surface area contributed by atoms with Gasteiger partial charge >= 0.3 is 0 Å². The molecular weight excluding hydrogens is 437 g/mol. The molecule has 4 rings (SSSR count). The second kappa shape index (κ2) is 11.0. The zero-order valence-corrected chi connectivity index (χ0v) is 19.5. The van der Waals surface area contributed by atoms with Crippen molar-refractivity contribution in [2.75, 3.05) is 13.2 Å². The molecule has 1 aliphatic rings. The summed E-state index contributed by atoms with van der Waals surface area (Å²) in [6.07, 6.45) is 6.00. The van der Waals surface area contributed by atoms with E-state index in [0.717, 1.165) is 12.8 Å². The lowest BCUT2D eigenvalue weighted by Crippen LogP contribution is -2.27. The van der Waals surface area contributed by atoms with Crippen molar-refractivity contribution in [3.05, 3.63) is 95.3 Å². The van der Waals surface area contributed by atoms with Gasteiger partial charge < -0.3 is 9.47 Å². The van der Waals surface area contributed by atoms with E-state index < -0.39 is 23.7 Å². The first-order valence-corrected chi connectivity index (χ1v) is 11.7. The molecule has 0 unspecified atom stereocenters. The van der Waals surface area contributed by atoms with Crippen LogP contribution in [0.4, 0.5) is 13.2 Å². The van der Waals surface area contributed by atoms with Gasteiger partial charge in [0.2, 0.25) is 0 Å². The molecule has 34 heavy (non-hydrogen) atoms. The third kappa shape index (κ3) is 5.26.